The van der Waals surface area contributed by atoms with E-state index in [4.69, 9.17) is 4.98 Å². The Labute approximate surface area is 428 Å². The second-order valence-corrected chi connectivity index (χ2v) is 18.9. The molecular formula is C60H74N6O6. The molecule has 4 aromatic rings. The molecule has 380 valence electrons. The van der Waals surface area contributed by atoms with E-state index < -0.39 is 17.9 Å². The van der Waals surface area contributed by atoms with Crippen molar-refractivity contribution in [2.24, 2.45) is 4.99 Å². The summed E-state index contributed by atoms with van der Waals surface area (Å²) in [6, 6.07) is 25.4. The lowest BCUT2D eigenvalue weighted by Crippen LogP contribution is -2.43. The van der Waals surface area contributed by atoms with Crippen molar-refractivity contribution in [2.45, 2.75) is 130 Å². The summed E-state index contributed by atoms with van der Waals surface area (Å²) in [6.07, 6.45) is 18.4. The molecule has 1 aliphatic rings. The number of fused-ring (bicyclic) bond motifs is 2. The van der Waals surface area contributed by atoms with Gasteiger partial charge in [0.15, 0.2) is 0 Å². The molecule has 0 radical (unpaired) electrons. The van der Waals surface area contributed by atoms with Gasteiger partial charge in [0.25, 0.3) is 0 Å². The Morgan fingerprint density at radius 1 is 0.639 bits per heavy atom. The van der Waals surface area contributed by atoms with E-state index >= 15 is 0 Å². The normalized spacial score (nSPS) is 14.0. The summed E-state index contributed by atoms with van der Waals surface area (Å²) >= 11 is 0. The van der Waals surface area contributed by atoms with Gasteiger partial charge in [0.1, 0.15) is 11.4 Å². The number of aryl methyl sites for hydroxylation is 2. The molecule has 0 saturated carbocycles. The molecule has 2 bridgehead atoms. The molecule has 5 rings (SSSR count). The number of hydrogen-bond donors (Lipinski definition) is 3. The molecule has 0 atom stereocenters. The van der Waals surface area contributed by atoms with Gasteiger partial charge in [0, 0.05) is 80.3 Å². The van der Waals surface area contributed by atoms with Crippen molar-refractivity contribution in [2.75, 3.05) is 39.3 Å². The van der Waals surface area contributed by atoms with Crippen molar-refractivity contribution < 1.29 is 29.7 Å². The summed E-state index contributed by atoms with van der Waals surface area (Å²) in [4.78, 5) is 56.9. The fourth-order valence-corrected chi connectivity index (χ4v) is 8.63. The lowest BCUT2D eigenvalue weighted by molar-refractivity contribution is -0.138. The molecule has 2 aromatic carbocycles. The number of aromatic carboxylic acids is 1. The average Bonchev–Trinajstić information content (AvgIpc) is 3.35. The minimum absolute atomic E-state index is 0.101. The van der Waals surface area contributed by atoms with Crippen LogP contribution in [-0.2, 0) is 42.1 Å². The zero-order valence-electron chi connectivity index (χ0n) is 42.8. The highest BCUT2D eigenvalue weighted by Gasteiger charge is 2.20. The van der Waals surface area contributed by atoms with Crippen LogP contribution in [0, 0.1) is 23.7 Å². The predicted octanol–water partition coefficient (Wildman–Crippen LogP) is 10.6. The van der Waals surface area contributed by atoms with E-state index in [1.165, 1.54) is 87.5 Å². The third-order valence-electron chi connectivity index (χ3n) is 12.5. The van der Waals surface area contributed by atoms with Gasteiger partial charge in [0.2, 0.25) is 0 Å². The van der Waals surface area contributed by atoms with Crippen LogP contribution in [0.1, 0.15) is 153 Å². The highest BCUT2D eigenvalue weighted by atomic mass is 16.4. The molecular weight excluding hydrogens is 901 g/mol. The molecule has 3 N–H and O–H groups in total. The molecule has 12 heteroatoms. The molecule has 0 spiro atoms. The van der Waals surface area contributed by atoms with Crippen LogP contribution in [0.25, 0.3) is 0 Å². The first-order valence-corrected chi connectivity index (χ1v) is 25.8. The number of aromatic nitrogens is 2. The monoisotopic (exact) mass is 975 g/mol. The average molecular weight is 975 g/mol. The Morgan fingerprint density at radius 3 is 1.74 bits per heavy atom. The van der Waals surface area contributed by atoms with Crippen molar-refractivity contribution in [3.63, 3.8) is 0 Å². The first kappa shape index (κ1) is 56.2. The third-order valence-corrected chi connectivity index (χ3v) is 12.5. The van der Waals surface area contributed by atoms with Crippen LogP contribution in [0.4, 0.5) is 0 Å². The number of aliphatic carboxylic acids is 2. The summed E-state index contributed by atoms with van der Waals surface area (Å²) in [5.74, 6) is 9.16. The second-order valence-electron chi connectivity index (χ2n) is 18.9. The van der Waals surface area contributed by atoms with E-state index in [0.717, 1.165) is 48.2 Å². The number of rotatable bonds is 24. The number of carboxylic acids is 3. The number of allylic oxidation sites excluding steroid dienone is 2. The topological polar surface area (TPSA) is 160 Å². The Balaban J connectivity index is 1.31. The highest BCUT2D eigenvalue weighted by molar-refractivity contribution is 5.93. The lowest BCUT2D eigenvalue weighted by Gasteiger charge is -2.30. The van der Waals surface area contributed by atoms with Crippen molar-refractivity contribution in [1.29, 1.82) is 0 Å². The van der Waals surface area contributed by atoms with Crippen LogP contribution in [0.5, 0.6) is 0 Å². The Kier molecular flexibility index (Phi) is 24.1. The molecule has 0 unspecified atom stereocenters. The second kappa shape index (κ2) is 30.9. The van der Waals surface area contributed by atoms with Gasteiger partial charge in [-0.1, -0.05) is 139 Å². The predicted molar refractivity (Wildman–Crippen MR) is 287 cm³/mol. The van der Waals surface area contributed by atoms with Crippen LogP contribution < -0.4 is 0 Å². The Hall–Kier alpha value is -6.70. The van der Waals surface area contributed by atoms with Gasteiger partial charge >= 0.3 is 17.9 Å². The van der Waals surface area contributed by atoms with E-state index in [2.05, 4.69) is 88.1 Å². The standard InChI is InChI=1S/C60H74N6O6/c1-5-7-9-11-13-15-18-48-24-28-50(29-25-48)23-22-46(3)38-56(59(69)70)61-47(4)41-64-34-36-65(42-53-20-17-21-54(62-53)43-66(37-35-64)45-58(67)68)44-55-39-52(40-57(63-55)60(71)72)33-32-51-30-26-49(27-31-51)19-16-14-12-10-8-6-2/h17,20-21,24-31,38-40H,3,5-16,18-19,34-37,41-45H2,1-2,4H3,(H,67,68)(H,69,70)(H,71,72)/b56-38-,61-47?. The molecule has 0 amide bonds. The SMILES string of the molecule is C=C(C#Cc1ccc(CCCCCCCC)cc1)/C=C(\N=C(C)CN1CCN(CC(=O)O)Cc2cccc(n2)CN(Cc2cc(C#Cc3ccc(CCCCCCCC)cc3)cc(C(=O)O)n2)CC1)C(=O)O. The van der Waals surface area contributed by atoms with Gasteiger partial charge in [-0.15, -0.1) is 0 Å². The quantitative estimate of drug-likeness (QED) is 0.0202. The van der Waals surface area contributed by atoms with Crippen LogP contribution in [0.2, 0.25) is 0 Å². The van der Waals surface area contributed by atoms with Crippen molar-refractivity contribution >= 4 is 23.6 Å². The van der Waals surface area contributed by atoms with E-state index in [9.17, 15) is 29.7 Å². The first-order valence-electron chi connectivity index (χ1n) is 25.8. The molecule has 72 heavy (non-hydrogen) atoms. The maximum atomic E-state index is 12.5. The Bertz CT molecular complexity index is 2600. The number of unbranched alkanes of at least 4 members (excludes halogenated alkanes) is 10. The summed E-state index contributed by atoms with van der Waals surface area (Å²) in [5.41, 5.74) is 7.31. The third kappa shape index (κ3) is 21.3. The van der Waals surface area contributed by atoms with Crippen molar-refractivity contribution in [1.82, 2.24) is 24.7 Å². The molecule has 2 aromatic heterocycles. The van der Waals surface area contributed by atoms with Crippen molar-refractivity contribution in [3.05, 3.63) is 153 Å². The number of carbonyl (C=O) groups is 3. The maximum absolute atomic E-state index is 12.5. The molecule has 12 nitrogen and oxygen atoms in total. The van der Waals surface area contributed by atoms with Crippen LogP contribution in [0.3, 0.4) is 0 Å². The minimum atomic E-state index is -1.21. The van der Waals surface area contributed by atoms with Crippen LogP contribution in [-0.4, -0.2) is 103 Å². The minimum Gasteiger partial charge on any atom is -0.480 e. The number of benzene rings is 2. The van der Waals surface area contributed by atoms with Crippen LogP contribution >= 0.6 is 0 Å². The number of carboxylic acid groups (broad SMARTS) is 3. The summed E-state index contributed by atoms with van der Waals surface area (Å²) in [5, 5.41) is 30.1. The summed E-state index contributed by atoms with van der Waals surface area (Å²) < 4.78 is 0. The number of pyridine rings is 2. The van der Waals surface area contributed by atoms with Gasteiger partial charge in [0.05, 0.1) is 23.6 Å². The number of nitrogens with zero attached hydrogens (tertiary/aromatic N) is 6. The highest BCUT2D eigenvalue weighted by Crippen LogP contribution is 2.17. The van der Waals surface area contributed by atoms with E-state index in [1.54, 1.807) is 6.92 Å². The largest absolute Gasteiger partial charge is 0.480 e. The lowest BCUT2D eigenvalue weighted by atomic mass is 10.0. The Morgan fingerprint density at radius 2 is 1.17 bits per heavy atom. The fourth-order valence-electron chi connectivity index (χ4n) is 8.63. The van der Waals surface area contributed by atoms with E-state index in [-0.39, 0.29) is 17.9 Å². The smallest absolute Gasteiger partial charge is 0.354 e. The van der Waals surface area contributed by atoms with Crippen molar-refractivity contribution in [3.8, 4) is 23.7 Å². The molecule has 0 fully saturated rings. The fraction of sp³-hybridized carbons (Fsp3) is 0.433. The summed E-state index contributed by atoms with van der Waals surface area (Å²) in [6.45, 7) is 13.1. The van der Waals surface area contributed by atoms with E-state index in [1.807, 2.05) is 53.4 Å². The molecule has 1 aliphatic heterocycles. The molecule has 3 heterocycles. The molecule has 0 saturated heterocycles. The van der Waals surface area contributed by atoms with Crippen LogP contribution in [0.15, 0.2) is 108 Å². The number of hydrogen-bond acceptors (Lipinski definition) is 9. The van der Waals surface area contributed by atoms with Gasteiger partial charge in [-0.2, -0.15) is 0 Å². The molecule has 0 aliphatic carbocycles. The van der Waals surface area contributed by atoms with E-state index in [0.29, 0.717) is 74.9 Å². The zero-order chi connectivity index (χ0) is 51.5. The van der Waals surface area contributed by atoms with Gasteiger partial charge in [-0.05, 0) is 98.3 Å². The number of aliphatic imine (C=N–C) groups is 1. The zero-order valence-corrected chi connectivity index (χ0v) is 42.8. The summed E-state index contributed by atoms with van der Waals surface area (Å²) in [7, 11) is 0. The maximum Gasteiger partial charge on any atom is 0.354 e. The first-order chi connectivity index (χ1) is 34.8. The van der Waals surface area contributed by atoms with Gasteiger partial charge in [-0.3, -0.25) is 24.5 Å². The van der Waals surface area contributed by atoms with Gasteiger partial charge < -0.3 is 15.3 Å². The van der Waals surface area contributed by atoms with Gasteiger partial charge in [-0.25, -0.2) is 19.6 Å².